The second-order valence-corrected chi connectivity index (χ2v) is 7.63. The number of hydrogen-bond acceptors (Lipinski definition) is 12. The van der Waals surface area contributed by atoms with Gasteiger partial charge in [-0.15, -0.1) is 0 Å². The van der Waals surface area contributed by atoms with Gasteiger partial charge in [-0.2, -0.15) is 0 Å². The highest BCUT2D eigenvalue weighted by Gasteiger charge is 2.20. The van der Waals surface area contributed by atoms with E-state index in [2.05, 4.69) is 15.0 Å². The third-order valence-electron chi connectivity index (χ3n) is 5.40. The molecular weight excluding hydrogens is 486 g/mol. The molecule has 192 valence electrons. The van der Waals surface area contributed by atoms with Gasteiger partial charge in [0.25, 0.3) is 0 Å². The average molecular weight is 509 g/mol. The van der Waals surface area contributed by atoms with E-state index in [0.29, 0.717) is 5.56 Å². The number of aromatic nitrogens is 3. The van der Waals surface area contributed by atoms with E-state index >= 15 is 0 Å². The lowest BCUT2D eigenvalue weighted by molar-refractivity contribution is 0.333. The molecule has 0 saturated heterocycles. The van der Waals surface area contributed by atoms with Crippen molar-refractivity contribution in [3.05, 3.63) is 36.4 Å². The predicted molar refractivity (Wildman–Crippen MR) is 131 cm³/mol. The molecule has 0 aliphatic heterocycles. The second-order valence-electron chi connectivity index (χ2n) is 7.63. The summed E-state index contributed by atoms with van der Waals surface area (Å²) in [4.78, 5) is 13.4. The molecule has 37 heavy (non-hydrogen) atoms. The van der Waals surface area contributed by atoms with E-state index in [4.69, 9.17) is 18.9 Å². The van der Waals surface area contributed by atoms with Crippen LogP contribution in [0.15, 0.2) is 36.4 Å². The van der Waals surface area contributed by atoms with Crippen molar-refractivity contribution in [2.45, 2.75) is 0 Å². The van der Waals surface area contributed by atoms with Gasteiger partial charge in [0, 0.05) is 16.7 Å². The number of benzene rings is 3. The SMILES string of the molecule is COc1cc(-c2nc(-c3cc(O)c(OC)c(O)c3)nc(-c3cc(O)c(OC)c(OC)c3)n2)cc(O)c1O. The number of ether oxygens (including phenoxy) is 4. The molecule has 0 saturated carbocycles. The van der Waals surface area contributed by atoms with Crippen LogP contribution in [-0.4, -0.2) is 68.9 Å². The summed E-state index contributed by atoms with van der Waals surface area (Å²) in [5.41, 5.74) is 0.779. The normalized spacial score (nSPS) is 10.7. The highest BCUT2D eigenvalue weighted by Crippen LogP contribution is 2.43. The number of nitrogens with zero attached hydrogens (tertiary/aromatic N) is 3. The van der Waals surface area contributed by atoms with Gasteiger partial charge in [0.15, 0.2) is 52.0 Å². The van der Waals surface area contributed by atoms with Crippen LogP contribution < -0.4 is 18.9 Å². The van der Waals surface area contributed by atoms with Gasteiger partial charge < -0.3 is 44.5 Å². The van der Waals surface area contributed by atoms with E-state index in [1.165, 1.54) is 58.8 Å². The summed E-state index contributed by atoms with van der Waals surface area (Å²) in [5.74, 6) is -1.57. The third kappa shape index (κ3) is 4.59. The molecule has 3 aromatic carbocycles. The molecule has 0 amide bonds. The van der Waals surface area contributed by atoms with Gasteiger partial charge in [-0.3, -0.25) is 0 Å². The van der Waals surface area contributed by atoms with Gasteiger partial charge in [0.05, 0.1) is 28.4 Å². The Balaban J connectivity index is 2.00. The number of methoxy groups -OCH3 is 4. The highest BCUT2D eigenvalue weighted by molar-refractivity contribution is 5.73. The van der Waals surface area contributed by atoms with E-state index in [1.54, 1.807) is 6.07 Å². The van der Waals surface area contributed by atoms with Crippen LogP contribution in [0.4, 0.5) is 0 Å². The topological polar surface area (TPSA) is 177 Å². The van der Waals surface area contributed by atoms with Crippen LogP contribution in [0, 0.1) is 0 Å². The Bertz CT molecular complexity index is 1470. The van der Waals surface area contributed by atoms with Crippen molar-refractivity contribution < 1.29 is 44.5 Å². The van der Waals surface area contributed by atoms with Crippen LogP contribution in [-0.2, 0) is 0 Å². The standard InChI is InChI=1S/C25H23N3O9/c1-34-18-9-12(5-14(29)20(18)33)24-26-23(11-6-15(30)21(36-3)16(31)7-11)27-25(28-24)13-8-17(32)22(37-4)19(10-13)35-2/h5-10,29-33H,1-4H3. The lowest BCUT2D eigenvalue weighted by atomic mass is 10.1. The maximum atomic E-state index is 10.5. The first-order valence-electron chi connectivity index (χ1n) is 10.6. The molecule has 12 heteroatoms. The summed E-state index contributed by atoms with van der Waals surface area (Å²) in [7, 11) is 5.39. The van der Waals surface area contributed by atoms with E-state index in [9.17, 15) is 25.5 Å². The maximum absolute atomic E-state index is 10.5. The molecule has 0 aliphatic carbocycles. The van der Waals surface area contributed by atoms with Gasteiger partial charge in [0.1, 0.15) is 0 Å². The Hall–Kier alpha value is -5.13. The molecule has 0 unspecified atom stereocenters. The largest absolute Gasteiger partial charge is 0.504 e. The first kappa shape index (κ1) is 25.0. The molecule has 5 N–H and O–H groups in total. The Kier molecular flexibility index (Phi) is 6.65. The van der Waals surface area contributed by atoms with Crippen molar-refractivity contribution in [3.8, 4) is 85.9 Å². The fourth-order valence-corrected chi connectivity index (χ4v) is 3.65. The van der Waals surface area contributed by atoms with Crippen molar-refractivity contribution in [3.63, 3.8) is 0 Å². The summed E-state index contributed by atoms with van der Waals surface area (Å²) >= 11 is 0. The van der Waals surface area contributed by atoms with E-state index in [1.807, 2.05) is 0 Å². The molecule has 0 fully saturated rings. The number of phenols is 5. The number of hydrogen-bond donors (Lipinski definition) is 5. The molecule has 0 aliphatic rings. The minimum absolute atomic E-state index is 0.0223. The summed E-state index contributed by atoms with van der Waals surface area (Å²) in [5, 5.41) is 51.3. The second kappa shape index (κ2) is 9.85. The predicted octanol–water partition coefficient (Wildman–Crippen LogP) is 3.44. The Labute approximate surface area is 210 Å². The van der Waals surface area contributed by atoms with Crippen LogP contribution in [0.1, 0.15) is 0 Å². The van der Waals surface area contributed by atoms with Crippen LogP contribution in [0.2, 0.25) is 0 Å². The van der Waals surface area contributed by atoms with Gasteiger partial charge >= 0.3 is 0 Å². The van der Waals surface area contributed by atoms with E-state index in [-0.39, 0.29) is 68.8 Å². The molecule has 0 bridgehead atoms. The monoisotopic (exact) mass is 509 g/mol. The van der Waals surface area contributed by atoms with E-state index in [0.717, 1.165) is 0 Å². The van der Waals surface area contributed by atoms with Crippen molar-refractivity contribution in [2.75, 3.05) is 28.4 Å². The number of phenolic OH excluding ortho intramolecular Hbond substituents is 5. The lowest BCUT2D eigenvalue weighted by Gasteiger charge is -2.14. The highest BCUT2D eigenvalue weighted by atomic mass is 16.5. The third-order valence-corrected chi connectivity index (χ3v) is 5.40. The molecule has 0 radical (unpaired) electrons. The fraction of sp³-hybridized carbons (Fsp3) is 0.160. The fourth-order valence-electron chi connectivity index (χ4n) is 3.65. The Morgan fingerprint density at radius 3 is 1.27 bits per heavy atom. The van der Waals surface area contributed by atoms with Crippen LogP contribution in [0.25, 0.3) is 34.2 Å². The van der Waals surface area contributed by atoms with Crippen molar-refractivity contribution in [2.24, 2.45) is 0 Å². The van der Waals surface area contributed by atoms with Crippen molar-refractivity contribution in [1.29, 1.82) is 0 Å². The molecule has 4 aromatic rings. The van der Waals surface area contributed by atoms with Gasteiger partial charge in [-0.05, 0) is 36.4 Å². The van der Waals surface area contributed by atoms with Crippen LogP contribution in [0.3, 0.4) is 0 Å². The van der Waals surface area contributed by atoms with Crippen molar-refractivity contribution >= 4 is 0 Å². The van der Waals surface area contributed by atoms with E-state index < -0.39 is 11.5 Å². The minimum atomic E-state index is -0.471. The Morgan fingerprint density at radius 1 is 0.459 bits per heavy atom. The van der Waals surface area contributed by atoms with Crippen LogP contribution in [0.5, 0.6) is 51.7 Å². The van der Waals surface area contributed by atoms with Gasteiger partial charge in [-0.25, -0.2) is 15.0 Å². The van der Waals surface area contributed by atoms with Crippen LogP contribution >= 0.6 is 0 Å². The maximum Gasteiger partial charge on any atom is 0.203 e. The first-order valence-corrected chi connectivity index (χ1v) is 10.6. The zero-order valence-corrected chi connectivity index (χ0v) is 20.2. The zero-order chi connectivity index (χ0) is 26.9. The van der Waals surface area contributed by atoms with Crippen molar-refractivity contribution in [1.82, 2.24) is 15.0 Å². The first-order chi connectivity index (χ1) is 17.7. The Morgan fingerprint density at radius 2 is 0.838 bits per heavy atom. The smallest absolute Gasteiger partial charge is 0.203 e. The lowest BCUT2D eigenvalue weighted by Crippen LogP contribution is -2.01. The quantitative estimate of drug-likeness (QED) is 0.230. The molecule has 12 nitrogen and oxygen atoms in total. The zero-order valence-electron chi connectivity index (χ0n) is 20.2. The summed E-state index contributed by atoms with van der Waals surface area (Å²) in [6.45, 7) is 0. The molecule has 0 atom stereocenters. The molecular formula is C25H23N3O9. The molecule has 1 aromatic heterocycles. The summed E-state index contributed by atoms with van der Waals surface area (Å²) in [6, 6.07) is 8.13. The molecule has 0 spiro atoms. The van der Waals surface area contributed by atoms with Gasteiger partial charge in [-0.1, -0.05) is 0 Å². The van der Waals surface area contributed by atoms with Gasteiger partial charge in [0.2, 0.25) is 17.2 Å². The number of aromatic hydroxyl groups is 5. The summed E-state index contributed by atoms with van der Waals surface area (Å²) < 4.78 is 20.6. The summed E-state index contributed by atoms with van der Waals surface area (Å²) in [6.07, 6.45) is 0. The molecule has 4 rings (SSSR count). The molecule has 1 heterocycles. The minimum Gasteiger partial charge on any atom is -0.504 e. The number of rotatable bonds is 7. The average Bonchev–Trinajstić information content (AvgIpc) is 2.89.